The number of hydrogen-bond acceptors (Lipinski definition) is 4. The largest absolute Gasteiger partial charge is 0.473 e. The first-order chi connectivity index (χ1) is 11.6. The summed E-state index contributed by atoms with van der Waals surface area (Å²) in [6.45, 7) is 0.411. The molecule has 0 unspecified atom stereocenters. The molecule has 1 aromatic heterocycles. The first kappa shape index (κ1) is 16.2. The fraction of sp³-hybridized carbons (Fsp3) is 0.438. The highest BCUT2D eigenvalue weighted by Gasteiger charge is 2.36. The number of halogens is 1. The van der Waals surface area contributed by atoms with Crippen LogP contribution in [-0.2, 0) is 6.42 Å². The maximum Gasteiger partial charge on any atom is 0.404 e. The molecule has 1 fully saturated rings. The van der Waals surface area contributed by atoms with Crippen LogP contribution in [0.5, 0.6) is 5.88 Å². The molecule has 1 aromatic rings. The molecule has 2 aliphatic rings. The second-order valence-electron chi connectivity index (χ2n) is 5.87. The van der Waals surface area contributed by atoms with E-state index < -0.39 is 6.09 Å². The lowest BCUT2D eigenvalue weighted by Crippen LogP contribution is -2.39. The van der Waals surface area contributed by atoms with E-state index in [1.165, 1.54) is 6.20 Å². The van der Waals surface area contributed by atoms with Crippen molar-refractivity contribution in [3.63, 3.8) is 0 Å². The molecule has 8 heteroatoms. The quantitative estimate of drug-likeness (QED) is 0.826. The number of ether oxygens (including phenoxy) is 1. The Morgan fingerprint density at radius 1 is 1.54 bits per heavy atom. The van der Waals surface area contributed by atoms with Gasteiger partial charge < -0.3 is 20.1 Å². The van der Waals surface area contributed by atoms with Gasteiger partial charge in [-0.3, -0.25) is 4.79 Å². The Bertz CT molecular complexity index is 688. The fourth-order valence-electron chi connectivity index (χ4n) is 2.66. The van der Waals surface area contributed by atoms with E-state index in [9.17, 15) is 14.0 Å². The van der Waals surface area contributed by atoms with E-state index in [-0.39, 0.29) is 30.5 Å². The van der Waals surface area contributed by atoms with Crippen molar-refractivity contribution in [3.05, 3.63) is 35.3 Å². The Morgan fingerprint density at radius 2 is 2.33 bits per heavy atom. The van der Waals surface area contributed by atoms with Crippen molar-refractivity contribution in [2.45, 2.75) is 25.3 Å². The number of amides is 2. The molecule has 1 aliphatic heterocycles. The number of fused-ring (bicyclic) bond motifs is 1. The third-order valence-electron chi connectivity index (χ3n) is 4.09. The summed E-state index contributed by atoms with van der Waals surface area (Å²) in [6.07, 6.45) is 3.45. The topological polar surface area (TPSA) is 91.8 Å². The molecule has 2 N–H and O–H groups in total. The van der Waals surface area contributed by atoms with Crippen molar-refractivity contribution in [2.24, 2.45) is 0 Å². The molecule has 1 aliphatic carbocycles. The summed E-state index contributed by atoms with van der Waals surface area (Å²) in [6, 6.07) is 2.07. The third-order valence-corrected chi connectivity index (χ3v) is 4.09. The second-order valence-corrected chi connectivity index (χ2v) is 5.87. The summed E-state index contributed by atoms with van der Waals surface area (Å²) in [5, 5.41) is 10.6. The molecular weight excluding hydrogens is 317 g/mol. The van der Waals surface area contributed by atoms with Crippen LogP contribution < -0.4 is 10.1 Å². The van der Waals surface area contributed by atoms with E-state index >= 15 is 0 Å². The summed E-state index contributed by atoms with van der Waals surface area (Å²) in [5.74, 6) is 0.295. The number of nitrogens with one attached hydrogen (secondary N) is 1. The van der Waals surface area contributed by atoms with E-state index in [2.05, 4.69) is 10.3 Å². The van der Waals surface area contributed by atoms with Gasteiger partial charge in [0.1, 0.15) is 6.61 Å². The number of nitrogens with zero attached hydrogens (tertiary/aromatic N) is 2. The van der Waals surface area contributed by atoms with Gasteiger partial charge in [-0.15, -0.1) is 0 Å². The molecule has 2 heterocycles. The van der Waals surface area contributed by atoms with Gasteiger partial charge in [0.25, 0.3) is 5.91 Å². The van der Waals surface area contributed by atoms with Crippen molar-refractivity contribution in [3.8, 4) is 5.88 Å². The lowest BCUT2D eigenvalue weighted by molar-refractivity contribution is 0.0726. The monoisotopic (exact) mass is 335 g/mol. The molecule has 0 atom stereocenters. The van der Waals surface area contributed by atoms with Crippen LogP contribution in [0.1, 0.15) is 28.8 Å². The molecule has 0 spiro atoms. The maximum absolute atomic E-state index is 12.7. The Balaban J connectivity index is 1.62. The smallest absolute Gasteiger partial charge is 0.404 e. The highest BCUT2D eigenvalue weighted by atomic mass is 19.1. The van der Waals surface area contributed by atoms with Crippen LogP contribution in [0, 0.1) is 0 Å². The zero-order chi connectivity index (χ0) is 17.1. The van der Waals surface area contributed by atoms with Crippen LogP contribution in [0.2, 0.25) is 0 Å². The number of aromatic nitrogens is 1. The lowest BCUT2D eigenvalue weighted by atomic mass is 10.0. The van der Waals surface area contributed by atoms with Gasteiger partial charge in [-0.2, -0.15) is 0 Å². The van der Waals surface area contributed by atoms with Crippen LogP contribution in [0.4, 0.5) is 9.18 Å². The van der Waals surface area contributed by atoms with E-state index in [4.69, 9.17) is 9.84 Å². The van der Waals surface area contributed by atoms with Gasteiger partial charge in [0.2, 0.25) is 5.88 Å². The fourth-order valence-corrected chi connectivity index (χ4v) is 2.66. The summed E-state index contributed by atoms with van der Waals surface area (Å²) >= 11 is 0. The Morgan fingerprint density at radius 3 is 3.00 bits per heavy atom. The molecule has 128 valence electrons. The van der Waals surface area contributed by atoms with Crippen LogP contribution in [0.3, 0.4) is 0 Å². The van der Waals surface area contributed by atoms with E-state index in [0.29, 0.717) is 24.5 Å². The van der Waals surface area contributed by atoms with Gasteiger partial charge in [0, 0.05) is 37.0 Å². The number of rotatable bonds is 6. The summed E-state index contributed by atoms with van der Waals surface area (Å²) in [5.41, 5.74) is 1.61. The molecule has 0 radical (unpaired) electrons. The lowest BCUT2D eigenvalue weighted by Gasteiger charge is -2.28. The predicted octanol–water partition coefficient (Wildman–Crippen LogP) is 1.74. The van der Waals surface area contributed by atoms with Crippen LogP contribution >= 0.6 is 0 Å². The van der Waals surface area contributed by atoms with Crippen LogP contribution in [0.15, 0.2) is 24.2 Å². The summed E-state index contributed by atoms with van der Waals surface area (Å²) in [7, 11) is 0. The molecule has 24 heavy (non-hydrogen) atoms. The Labute approximate surface area is 138 Å². The van der Waals surface area contributed by atoms with Gasteiger partial charge >= 0.3 is 6.09 Å². The van der Waals surface area contributed by atoms with E-state index in [1.807, 2.05) is 4.90 Å². The standard InChI is InChI=1S/C16H18FN3O4/c17-6-10(7-19-16(22)23)9-24-14-5-11-3-4-20(12-1-2-12)15(21)13(11)8-18-14/h5-6,8,12,19H,1-4,7,9H2,(H,22,23). The summed E-state index contributed by atoms with van der Waals surface area (Å²) in [4.78, 5) is 28.8. The molecular formula is C16H18FN3O4. The minimum Gasteiger partial charge on any atom is -0.473 e. The minimum atomic E-state index is -1.24. The Kier molecular flexibility index (Phi) is 4.64. The number of carbonyl (C=O) groups is 2. The van der Waals surface area contributed by atoms with Gasteiger partial charge in [-0.1, -0.05) is 0 Å². The van der Waals surface area contributed by atoms with E-state index in [1.54, 1.807) is 6.07 Å². The SMILES string of the molecule is O=C(O)NCC(=CF)COc1cc2c(cn1)C(=O)N(C1CC1)CC2. The van der Waals surface area contributed by atoms with Gasteiger partial charge in [0.15, 0.2) is 0 Å². The first-order valence-electron chi connectivity index (χ1n) is 7.76. The first-order valence-corrected chi connectivity index (χ1v) is 7.76. The maximum atomic E-state index is 12.7. The van der Waals surface area contributed by atoms with Crippen molar-refractivity contribution in [2.75, 3.05) is 19.7 Å². The highest BCUT2D eigenvalue weighted by molar-refractivity contribution is 5.96. The number of hydrogen-bond donors (Lipinski definition) is 2. The Hall–Kier alpha value is -2.64. The van der Waals surface area contributed by atoms with Crippen LogP contribution in [-0.4, -0.2) is 52.7 Å². The van der Waals surface area contributed by atoms with Gasteiger partial charge in [-0.25, -0.2) is 14.2 Å². The zero-order valence-electron chi connectivity index (χ0n) is 13.0. The van der Waals surface area contributed by atoms with Crippen molar-refractivity contribution in [1.29, 1.82) is 0 Å². The molecule has 1 saturated carbocycles. The van der Waals surface area contributed by atoms with Crippen LogP contribution in [0.25, 0.3) is 0 Å². The van der Waals surface area contributed by atoms with Crippen molar-refractivity contribution >= 4 is 12.0 Å². The molecule has 0 bridgehead atoms. The summed E-state index contributed by atoms with van der Waals surface area (Å²) < 4.78 is 18.1. The van der Waals surface area contributed by atoms with Crippen molar-refractivity contribution < 1.29 is 23.8 Å². The molecule has 0 aromatic carbocycles. The third kappa shape index (κ3) is 3.64. The molecule has 0 saturated heterocycles. The van der Waals surface area contributed by atoms with Gasteiger partial charge in [-0.05, 0) is 24.8 Å². The zero-order valence-corrected chi connectivity index (χ0v) is 13.0. The predicted molar refractivity (Wildman–Crippen MR) is 82.7 cm³/mol. The van der Waals surface area contributed by atoms with Gasteiger partial charge in [0.05, 0.1) is 11.9 Å². The molecule has 2 amide bonds. The number of carbonyl (C=O) groups excluding carboxylic acids is 1. The van der Waals surface area contributed by atoms with E-state index in [0.717, 1.165) is 24.8 Å². The normalized spacial score (nSPS) is 17.5. The second kappa shape index (κ2) is 6.86. The molecule has 7 nitrogen and oxygen atoms in total. The number of carboxylic acid groups (broad SMARTS) is 1. The average molecular weight is 335 g/mol. The number of pyridine rings is 1. The highest BCUT2D eigenvalue weighted by Crippen LogP contribution is 2.32. The average Bonchev–Trinajstić information content (AvgIpc) is 3.40. The molecule has 3 rings (SSSR count). The van der Waals surface area contributed by atoms with Crippen molar-refractivity contribution in [1.82, 2.24) is 15.2 Å². The minimum absolute atomic E-state index is 0.00722.